The summed E-state index contributed by atoms with van der Waals surface area (Å²) >= 11 is 0. The molecule has 0 fully saturated rings. The van der Waals surface area contributed by atoms with Crippen LogP contribution in [0, 0.1) is 6.92 Å². The van der Waals surface area contributed by atoms with Crippen molar-refractivity contribution < 1.29 is 4.79 Å². The predicted molar refractivity (Wildman–Crippen MR) is 67.1 cm³/mol. The first-order valence-electron chi connectivity index (χ1n) is 5.61. The van der Waals surface area contributed by atoms with Crippen LogP contribution in [0.3, 0.4) is 0 Å². The largest absolute Gasteiger partial charge is 0.322 e. The van der Waals surface area contributed by atoms with Gasteiger partial charge in [0.05, 0.1) is 11.8 Å². The van der Waals surface area contributed by atoms with E-state index in [1.165, 1.54) is 11.8 Å². The Hall–Kier alpha value is -2.10. The number of amides is 1. The zero-order valence-corrected chi connectivity index (χ0v) is 9.95. The van der Waals surface area contributed by atoms with Gasteiger partial charge in [-0.3, -0.25) is 9.89 Å². The summed E-state index contributed by atoms with van der Waals surface area (Å²) < 4.78 is 0. The van der Waals surface area contributed by atoms with E-state index in [0.29, 0.717) is 5.56 Å². The van der Waals surface area contributed by atoms with Crippen LogP contribution in [0.4, 0.5) is 5.69 Å². The van der Waals surface area contributed by atoms with Crippen molar-refractivity contribution in [3.8, 4) is 0 Å². The van der Waals surface area contributed by atoms with Gasteiger partial charge in [0.2, 0.25) is 0 Å². The summed E-state index contributed by atoms with van der Waals surface area (Å²) in [5.41, 5.74) is 3.40. The molecule has 1 aromatic heterocycles. The molecular formula is C13H15N3O. The Labute approximate surface area is 100 Å². The molecule has 0 aliphatic carbocycles. The minimum Gasteiger partial charge on any atom is -0.322 e. The summed E-state index contributed by atoms with van der Waals surface area (Å²) in [6, 6.07) is 7.84. The van der Waals surface area contributed by atoms with Gasteiger partial charge in [-0.05, 0) is 31.0 Å². The Morgan fingerprint density at radius 2 is 2.06 bits per heavy atom. The maximum absolute atomic E-state index is 11.9. The number of aromatic amines is 1. The highest BCUT2D eigenvalue weighted by molar-refractivity contribution is 6.04. The number of nitrogens with zero attached hydrogens (tertiary/aromatic N) is 1. The van der Waals surface area contributed by atoms with Gasteiger partial charge in [-0.25, -0.2) is 0 Å². The standard InChI is InChI=1S/C13H15N3O/c1-3-10-4-6-11(7-5-10)15-13(17)12-8-14-16-9(12)2/h4-8H,3H2,1-2H3,(H,14,16)(H,15,17). The fourth-order valence-electron chi connectivity index (χ4n) is 1.60. The molecule has 1 amide bonds. The van der Waals surface area contributed by atoms with Crippen molar-refractivity contribution in [1.82, 2.24) is 10.2 Å². The number of hydrogen-bond donors (Lipinski definition) is 2. The smallest absolute Gasteiger partial charge is 0.259 e. The fraction of sp³-hybridized carbons (Fsp3) is 0.231. The number of carbonyl (C=O) groups excluding carboxylic acids is 1. The van der Waals surface area contributed by atoms with Gasteiger partial charge in [-0.15, -0.1) is 0 Å². The van der Waals surface area contributed by atoms with Crippen LogP contribution in [0.15, 0.2) is 30.5 Å². The molecule has 0 radical (unpaired) electrons. The molecular weight excluding hydrogens is 214 g/mol. The molecule has 0 atom stereocenters. The number of aryl methyl sites for hydroxylation is 2. The van der Waals surface area contributed by atoms with Crippen molar-refractivity contribution in [3.63, 3.8) is 0 Å². The van der Waals surface area contributed by atoms with Gasteiger partial charge < -0.3 is 5.32 Å². The second-order valence-electron chi connectivity index (χ2n) is 3.91. The summed E-state index contributed by atoms with van der Waals surface area (Å²) in [7, 11) is 0. The first kappa shape index (κ1) is 11.4. The maximum atomic E-state index is 11.9. The average Bonchev–Trinajstić information content (AvgIpc) is 2.76. The van der Waals surface area contributed by atoms with Crippen molar-refractivity contribution >= 4 is 11.6 Å². The number of anilines is 1. The number of aromatic nitrogens is 2. The van der Waals surface area contributed by atoms with E-state index in [-0.39, 0.29) is 5.91 Å². The molecule has 0 unspecified atom stereocenters. The van der Waals surface area contributed by atoms with E-state index < -0.39 is 0 Å². The number of rotatable bonds is 3. The summed E-state index contributed by atoms with van der Waals surface area (Å²) in [4.78, 5) is 11.9. The summed E-state index contributed by atoms with van der Waals surface area (Å²) in [6.07, 6.45) is 2.53. The van der Waals surface area contributed by atoms with Crippen molar-refractivity contribution in [2.45, 2.75) is 20.3 Å². The first-order valence-corrected chi connectivity index (χ1v) is 5.61. The van der Waals surface area contributed by atoms with Crippen LogP contribution in [0.1, 0.15) is 28.5 Å². The molecule has 0 spiro atoms. The Bertz CT molecular complexity index is 514. The van der Waals surface area contributed by atoms with Gasteiger partial charge in [-0.2, -0.15) is 5.10 Å². The zero-order chi connectivity index (χ0) is 12.3. The van der Waals surface area contributed by atoms with Crippen molar-refractivity contribution in [1.29, 1.82) is 0 Å². The second kappa shape index (κ2) is 4.82. The topological polar surface area (TPSA) is 57.8 Å². The normalized spacial score (nSPS) is 10.2. The van der Waals surface area contributed by atoms with E-state index in [2.05, 4.69) is 22.4 Å². The Morgan fingerprint density at radius 1 is 1.35 bits per heavy atom. The highest BCUT2D eigenvalue weighted by atomic mass is 16.1. The van der Waals surface area contributed by atoms with E-state index in [4.69, 9.17) is 0 Å². The summed E-state index contributed by atoms with van der Waals surface area (Å²) in [6.45, 7) is 3.92. The lowest BCUT2D eigenvalue weighted by Crippen LogP contribution is -2.12. The monoisotopic (exact) mass is 229 g/mol. The van der Waals surface area contributed by atoms with Crippen LogP contribution in [0.5, 0.6) is 0 Å². The number of hydrogen-bond acceptors (Lipinski definition) is 2. The highest BCUT2D eigenvalue weighted by Gasteiger charge is 2.10. The fourth-order valence-corrected chi connectivity index (χ4v) is 1.60. The SMILES string of the molecule is CCc1ccc(NC(=O)c2cn[nH]c2C)cc1. The molecule has 0 aliphatic rings. The molecule has 0 saturated heterocycles. The number of nitrogens with one attached hydrogen (secondary N) is 2. The van der Waals surface area contributed by atoms with Gasteiger partial charge in [0, 0.05) is 11.4 Å². The number of benzene rings is 1. The molecule has 1 heterocycles. The van der Waals surface area contributed by atoms with Gasteiger partial charge in [0.25, 0.3) is 5.91 Å². The molecule has 88 valence electrons. The predicted octanol–water partition coefficient (Wildman–Crippen LogP) is 2.53. The molecule has 0 aliphatic heterocycles. The Morgan fingerprint density at radius 3 is 2.59 bits per heavy atom. The third-order valence-corrected chi connectivity index (χ3v) is 2.69. The molecule has 0 bridgehead atoms. The zero-order valence-electron chi connectivity index (χ0n) is 9.95. The molecule has 17 heavy (non-hydrogen) atoms. The minimum atomic E-state index is -0.138. The molecule has 2 rings (SSSR count). The molecule has 1 aromatic carbocycles. The highest BCUT2D eigenvalue weighted by Crippen LogP contribution is 2.12. The van der Waals surface area contributed by atoms with Gasteiger partial charge in [-0.1, -0.05) is 19.1 Å². The lowest BCUT2D eigenvalue weighted by Gasteiger charge is -2.05. The van der Waals surface area contributed by atoms with Crippen LogP contribution in [-0.2, 0) is 6.42 Å². The maximum Gasteiger partial charge on any atom is 0.259 e. The quantitative estimate of drug-likeness (QED) is 0.849. The lowest BCUT2D eigenvalue weighted by molar-refractivity contribution is 0.102. The van der Waals surface area contributed by atoms with Crippen LogP contribution < -0.4 is 5.32 Å². The van der Waals surface area contributed by atoms with Crippen molar-refractivity contribution in [3.05, 3.63) is 47.3 Å². The third kappa shape index (κ3) is 2.53. The molecule has 2 aromatic rings. The van der Waals surface area contributed by atoms with Gasteiger partial charge >= 0.3 is 0 Å². The molecule has 4 nitrogen and oxygen atoms in total. The van der Waals surface area contributed by atoms with Gasteiger partial charge in [0.15, 0.2) is 0 Å². The lowest BCUT2D eigenvalue weighted by atomic mass is 10.1. The Kier molecular flexibility index (Phi) is 3.23. The van der Waals surface area contributed by atoms with Gasteiger partial charge in [0.1, 0.15) is 0 Å². The van der Waals surface area contributed by atoms with Crippen LogP contribution >= 0.6 is 0 Å². The second-order valence-corrected chi connectivity index (χ2v) is 3.91. The van der Waals surface area contributed by atoms with E-state index >= 15 is 0 Å². The van der Waals surface area contributed by atoms with Crippen LogP contribution in [-0.4, -0.2) is 16.1 Å². The van der Waals surface area contributed by atoms with Crippen LogP contribution in [0.2, 0.25) is 0 Å². The molecule has 0 saturated carbocycles. The van der Waals surface area contributed by atoms with E-state index in [9.17, 15) is 4.79 Å². The minimum absolute atomic E-state index is 0.138. The average molecular weight is 229 g/mol. The number of H-pyrrole nitrogens is 1. The molecule has 2 N–H and O–H groups in total. The summed E-state index contributed by atoms with van der Waals surface area (Å²) in [5.74, 6) is -0.138. The number of carbonyl (C=O) groups is 1. The molecule has 4 heteroatoms. The van der Waals surface area contributed by atoms with Crippen molar-refractivity contribution in [2.75, 3.05) is 5.32 Å². The van der Waals surface area contributed by atoms with E-state index in [1.54, 1.807) is 0 Å². The van der Waals surface area contributed by atoms with Crippen LogP contribution in [0.25, 0.3) is 0 Å². The van der Waals surface area contributed by atoms with E-state index in [1.807, 2.05) is 31.2 Å². The first-order chi connectivity index (χ1) is 8.20. The third-order valence-electron chi connectivity index (χ3n) is 2.69. The summed E-state index contributed by atoms with van der Waals surface area (Å²) in [5, 5.41) is 9.41. The van der Waals surface area contributed by atoms with Crippen molar-refractivity contribution in [2.24, 2.45) is 0 Å². The Balaban J connectivity index is 2.10. The van der Waals surface area contributed by atoms with E-state index in [0.717, 1.165) is 17.8 Å².